The Labute approximate surface area is 148 Å². The Morgan fingerprint density at radius 1 is 1.04 bits per heavy atom. The Kier molecular flexibility index (Phi) is 5.25. The van der Waals surface area contributed by atoms with Crippen molar-refractivity contribution in [2.24, 2.45) is 0 Å². The first kappa shape index (κ1) is 18.0. The number of hydrogen-bond acceptors (Lipinski definition) is 2. The van der Waals surface area contributed by atoms with Crippen molar-refractivity contribution < 1.29 is 22.8 Å². The molecule has 0 aliphatic heterocycles. The molecular weight excluding hydrogens is 345 g/mol. The zero-order valence-electron chi connectivity index (χ0n) is 13.8. The SMILES string of the molecule is O=C(NCC(=O)N(Cc1cccc(F)c1)C1CC1)c1ccc(F)cc1F. The summed E-state index contributed by atoms with van der Waals surface area (Å²) in [6, 6.07) is 8.63. The van der Waals surface area contributed by atoms with E-state index in [1.165, 1.54) is 12.1 Å². The Bertz CT molecular complexity index is 837. The van der Waals surface area contributed by atoms with Crippen molar-refractivity contribution in [3.63, 3.8) is 0 Å². The number of rotatable bonds is 6. The number of hydrogen-bond donors (Lipinski definition) is 1. The third-order valence-electron chi connectivity index (χ3n) is 4.13. The average molecular weight is 362 g/mol. The molecule has 0 aromatic heterocycles. The molecule has 7 heteroatoms. The molecule has 2 aromatic rings. The monoisotopic (exact) mass is 362 g/mol. The Hall–Kier alpha value is -2.83. The third kappa shape index (κ3) is 4.41. The number of carbonyl (C=O) groups excluding carboxylic acids is 2. The summed E-state index contributed by atoms with van der Waals surface area (Å²) < 4.78 is 39.8. The molecule has 0 radical (unpaired) electrons. The number of benzene rings is 2. The van der Waals surface area contributed by atoms with Crippen molar-refractivity contribution >= 4 is 11.8 Å². The van der Waals surface area contributed by atoms with Gasteiger partial charge in [0.25, 0.3) is 5.91 Å². The molecule has 1 aliphatic carbocycles. The molecule has 0 bridgehead atoms. The van der Waals surface area contributed by atoms with Crippen LogP contribution in [0.4, 0.5) is 13.2 Å². The van der Waals surface area contributed by atoms with E-state index in [1.54, 1.807) is 17.0 Å². The fraction of sp³-hybridized carbons (Fsp3) is 0.263. The predicted molar refractivity (Wildman–Crippen MR) is 88.7 cm³/mol. The Morgan fingerprint density at radius 3 is 2.42 bits per heavy atom. The summed E-state index contributed by atoms with van der Waals surface area (Å²) in [5.41, 5.74) is 0.323. The van der Waals surface area contributed by atoms with Crippen molar-refractivity contribution in [1.29, 1.82) is 0 Å². The van der Waals surface area contributed by atoms with E-state index in [9.17, 15) is 22.8 Å². The fourth-order valence-electron chi connectivity index (χ4n) is 2.67. The van der Waals surface area contributed by atoms with Gasteiger partial charge in [-0.15, -0.1) is 0 Å². The van der Waals surface area contributed by atoms with Gasteiger partial charge < -0.3 is 10.2 Å². The normalized spacial score (nSPS) is 13.3. The highest BCUT2D eigenvalue weighted by atomic mass is 19.1. The standard InChI is InChI=1S/C19H17F3N2O2/c20-13-3-1-2-12(8-13)11-24(15-5-6-15)18(25)10-23-19(26)16-7-4-14(21)9-17(16)22/h1-4,7-9,15H,5-6,10-11H2,(H,23,26). The summed E-state index contributed by atoms with van der Waals surface area (Å²) in [6.45, 7) is -0.0799. The van der Waals surface area contributed by atoms with Crippen LogP contribution in [-0.2, 0) is 11.3 Å². The summed E-state index contributed by atoms with van der Waals surface area (Å²) in [5, 5.41) is 2.35. The second-order valence-electron chi connectivity index (χ2n) is 6.19. The van der Waals surface area contributed by atoms with E-state index in [2.05, 4.69) is 5.32 Å². The maximum absolute atomic E-state index is 13.6. The van der Waals surface area contributed by atoms with Crippen LogP contribution < -0.4 is 5.32 Å². The van der Waals surface area contributed by atoms with E-state index < -0.39 is 17.5 Å². The van der Waals surface area contributed by atoms with Crippen molar-refractivity contribution in [2.75, 3.05) is 6.54 Å². The first-order chi connectivity index (χ1) is 12.4. The van der Waals surface area contributed by atoms with Gasteiger partial charge in [-0.05, 0) is 42.7 Å². The maximum atomic E-state index is 13.6. The molecule has 1 aliphatic rings. The molecule has 1 saturated carbocycles. The van der Waals surface area contributed by atoms with Crippen molar-refractivity contribution in [3.8, 4) is 0 Å². The minimum atomic E-state index is -0.992. The van der Waals surface area contributed by atoms with Crippen LogP contribution in [0.25, 0.3) is 0 Å². The van der Waals surface area contributed by atoms with Gasteiger partial charge in [-0.2, -0.15) is 0 Å². The summed E-state index contributed by atoms with van der Waals surface area (Å²) >= 11 is 0. The number of carbonyl (C=O) groups is 2. The molecule has 26 heavy (non-hydrogen) atoms. The topological polar surface area (TPSA) is 49.4 Å². The van der Waals surface area contributed by atoms with Gasteiger partial charge in [0.2, 0.25) is 5.91 Å². The summed E-state index contributed by atoms with van der Waals surface area (Å²) in [7, 11) is 0. The van der Waals surface area contributed by atoms with Gasteiger partial charge in [0.15, 0.2) is 0 Å². The summed E-state index contributed by atoms with van der Waals surface area (Å²) in [6.07, 6.45) is 1.70. The largest absolute Gasteiger partial charge is 0.343 e. The molecule has 1 fully saturated rings. The van der Waals surface area contributed by atoms with Gasteiger partial charge >= 0.3 is 0 Å². The van der Waals surface area contributed by atoms with E-state index in [0.717, 1.165) is 25.0 Å². The molecule has 0 atom stereocenters. The van der Waals surface area contributed by atoms with Crippen LogP contribution in [0.5, 0.6) is 0 Å². The molecule has 0 heterocycles. The minimum Gasteiger partial charge on any atom is -0.343 e. The van der Waals surface area contributed by atoms with E-state index in [4.69, 9.17) is 0 Å². The van der Waals surface area contributed by atoms with E-state index in [-0.39, 0.29) is 36.4 Å². The average Bonchev–Trinajstić information content (AvgIpc) is 3.42. The second kappa shape index (κ2) is 7.59. The lowest BCUT2D eigenvalue weighted by molar-refractivity contribution is -0.131. The molecule has 0 unspecified atom stereocenters. The van der Waals surface area contributed by atoms with Crippen LogP contribution in [0.1, 0.15) is 28.8 Å². The first-order valence-corrected chi connectivity index (χ1v) is 8.21. The molecule has 0 spiro atoms. The smallest absolute Gasteiger partial charge is 0.254 e. The maximum Gasteiger partial charge on any atom is 0.254 e. The van der Waals surface area contributed by atoms with Gasteiger partial charge in [0, 0.05) is 18.7 Å². The van der Waals surface area contributed by atoms with E-state index in [1.807, 2.05) is 0 Å². The number of nitrogens with zero attached hydrogens (tertiary/aromatic N) is 1. The van der Waals surface area contributed by atoms with Crippen LogP contribution in [0.15, 0.2) is 42.5 Å². The highest BCUT2D eigenvalue weighted by Gasteiger charge is 2.32. The van der Waals surface area contributed by atoms with E-state index in [0.29, 0.717) is 11.6 Å². The van der Waals surface area contributed by atoms with Gasteiger partial charge in [0.05, 0.1) is 12.1 Å². The Morgan fingerprint density at radius 2 is 1.77 bits per heavy atom. The number of halogens is 3. The first-order valence-electron chi connectivity index (χ1n) is 8.21. The lowest BCUT2D eigenvalue weighted by Crippen LogP contribution is -2.41. The lowest BCUT2D eigenvalue weighted by atomic mass is 10.2. The van der Waals surface area contributed by atoms with Crippen LogP contribution in [-0.4, -0.2) is 29.3 Å². The van der Waals surface area contributed by atoms with Gasteiger partial charge in [0.1, 0.15) is 17.5 Å². The Balaban J connectivity index is 1.62. The van der Waals surface area contributed by atoms with E-state index >= 15 is 0 Å². The highest BCUT2D eigenvalue weighted by Crippen LogP contribution is 2.28. The van der Waals surface area contributed by atoms with Crippen molar-refractivity contribution in [3.05, 3.63) is 71.0 Å². The van der Waals surface area contributed by atoms with Crippen LogP contribution in [0.2, 0.25) is 0 Å². The molecular formula is C19H17F3N2O2. The molecule has 3 rings (SSSR count). The van der Waals surface area contributed by atoms with Gasteiger partial charge in [-0.1, -0.05) is 12.1 Å². The lowest BCUT2D eigenvalue weighted by Gasteiger charge is -2.23. The number of nitrogens with one attached hydrogen (secondary N) is 1. The zero-order chi connectivity index (χ0) is 18.7. The number of amides is 2. The zero-order valence-corrected chi connectivity index (χ0v) is 13.8. The third-order valence-corrected chi connectivity index (χ3v) is 4.13. The molecule has 2 aromatic carbocycles. The molecule has 4 nitrogen and oxygen atoms in total. The molecule has 1 N–H and O–H groups in total. The molecule has 136 valence electrons. The second-order valence-corrected chi connectivity index (χ2v) is 6.19. The minimum absolute atomic E-state index is 0.0604. The van der Waals surface area contributed by atoms with Crippen LogP contribution in [0, 0.1) is 17.5 Å². The van der Waals surface area contributed by atoms with Crippen molar-refractivity contribution in [1.82, 2.24) is 10.2 Å². The van der Waals surface area contributed by atoms with Crippen LogP contribution >= 0.6 is 0 Å². The van der Waals surface area contributed by atoms with Gasteiger partial charge in [-0.25, -0.2) is 13.2 Å². The van der Waals surface area contributed by atoms with Crippen molar-refractivity contribution in [2.45, 2.75) is 25.4 Å². The molecule has 0 saturated heterocycles. The quantitative estimate of drug-likeness (QED) is 0.859. The van der Waals surface area contributed by atoms with Gasteiger partial charge in [-0.3, -0.25) is 9.59 Å². The highest BCUT2D eigenvalue weighted by molar-refractivity contribution is 5.96. The summed E-state index contributed by atoms with van der Waals surface area (Å²) in [4.78, 5) is 26.0. The van der Waals surface area contributed by atoms with Crippen LogP contribution in [0.3, 0.4) is 0 Å². The summed E-state index contributed by atoms with van der Waals surface area (Å²) in [5.74, 6) is -3.30. The molecule has 2 amide bonds. The predicted octanol–water partition coefficient (Wildman–Crippen LogP) is 3.02. The fourth-order valence-corrected chi connectivity index (χ4v) is 2.67.